The molecular formula is C17H26N2O2. The lowest BCUT2D eigenvalue weighted by atomic mass is 9.94. The fraction of sp³-hybridized carbons (Fsp3) is 0.588. The van der Waals surface area contributed by atoms with E-state index in [1.807, 2.05) is 12.1 Å². The summed E-state index contributed by atoms with van der Waals surface area (Å²) in [6.45, 7) is 4.24. The Balaban J connectivity index is 1.76. The topological polar surface area (TPSA) is 55.6 Å². The standard InChI is InChI=1S/C17H26N2O2/c1-13(19-11-9-15(10-12-19)17(18)20)3-4-14-5-7-16(21-2)8-6-14/h5-8,13,15H,3-4,9-12H2,1-2H3,(H2,18,20)/t13-/m0/s1. The van der Waals surface area contributed by atoms with Crippen LogP contribution >= 0.6 is 0 Å². The highest BCUT2D eigenvalue weighted by atomic mass is 16.5. The first-order valence-electron chi connectivity index (χ1n) is 7.76. The van der Waals surface area contributed by atoms with Crippen LogP contribution in [0.1, 0.15) is 31.7 Å². The van der Waals surface area contributed by atoms with Crippen molar-refractivity contribution in [1.82, 2.24) is 4.90 Å². The summed E-state index contributed by atoms with van der Waals surface area (Å²) in [5.74, 6) is 0.843. The summed E-state index contributed by atoms with van der Waals surface area (Å²) in [5.41, 5.74) is 6.72. The van der Waals surface area contributed by atoms with E-state index in [-0.39, 0.29) is 11.8 Å². The van der Waals surface area contributed by atoms with Gasteiger partial charge in [-0.25, -0.2) is 0 Å². The number of hydrogen-bond donors (Lipinski definition) is 1. The smallest absolute Gasteiger partial charge is 0.220 e. The SMILES string of the molecule is COc1ccc(CC[C@H](C)N2CCC(C(N)=O)CC2)cc1. The van der Waals surface area contributed by atoms with E-state index in [1.54, 1.807) is 7.11 Å². The van der Waals surface area contributed by atoms with Gasteiger partial charge in [-0.05, 0) is 63.4 Å². The predicted molar refractivity (Wildman–Crippen MR) is 84.3 cm³/mol. The monoisotopic (exact) mass is 290 g/mol. The summed E-state index contributed by atoms with van der Waals surface area (Å²) in [7, 11) is 1.69. The Morgan fingerprint density at radius 1 is 1.33 bits per heavy atom. The second-order valence-corrected chi connectivity index (χ2v) is 5.95. The molecule has 1 atom stereocenters. The molecule has 0 bridgehead atoms. The summed E-state index contributed by atoms with van der Waals surface area (Å²) >= 11 is 0. The van der Waals surface area contributed by atoms with E-state index in [1.165, 1.54) is 5.56 Å². The molecule has 0 saturated carbocycles. The number of hydrogen-bond acceptors (Lipinski definition) is 3. The Kier molecular flexibility index (Phi) is 5.62. The first-order chi connectivity index (χ1) is 10.1. The number of likely N-dealkylation sites (tertiary alicyclic amines) is 1. The lowest BCUT2D eigenvalue weighted by Crippen LogP contribution is -2.43. The molecule has 1 aromatic rings. The van der Waals surface area contributed by atoms with Crippen LogP contribution in [-0.2, 0) is 11.2 Å². The molecule has 0 spiro atoms. The average Bonchev–Trinajstić information content (AvgIpc) is 2.53. The number of piperidine rings is 1. The maximum atomic E-state index is 11.2. The lowest BCUT2D eigenvalue weighted by molar-refractivity contribution is -0.123. The van der Waals surface area contributed by atoms with Crippen LogP contribution in [0.5, 0.6) is 5.75 Å². The van der Waals surface area contributed by atoms with Gasteiger partial charge in [-0.1, -0.05) is 12.1 Å². The van der Waals surface area contributed by atoms with Gasteiger partial charge in [-0.3, -0.25) is 4.79 Å². The van der Waals surface area contributed by atoms with Crippen LogP contribution in [0.4, 0.5) is 0 Å². The third-order valence-corrected chi connectivity index (χ3v) is 4.57. The van der Waals surface area contributed by atoms with Crippen LogP contribution in [0.15, 0.2) is 24.3 Å². The number of carbonyl (C=O) groups excluding carboxylic acids is 1. The van der Waals surface area contributed by atoms with Gasteiger partial charge < -0.3 is 15.4 Å². The number of carbonyl (C=O) groups is 1. The molecule has 1 aromatic carbocycles. The van der Waals surface area contributed by atoms with Crippen molar-refractivity contribution in [3.8, 4) is 5.75 Å². The van der Waals surface area contributed by atoms with Crippen molar-refractivity contribution in [3.05, 3.63) is 29.8 Å². The van der Waals surface area contributed by atoms with E-state index in [0.29, 0.717) is 6.04 Å². The molecule has 2 rings (SSSR count). The number of amides is 1. The molecular weight excluding hydrogens is 264 g/mol. The summed E-state index contributed by atoms with van der Waals surface area (Å²) < 4.78 is 5.17. The zero-order valence-electron chi connectivity index (χ0n) is 13.0. The molecule has 21 heavy (non-hydrogen) atoms. The predicted octanol–water partition coefficient (Wildman–Crippen LogP) is 2.21. The molecule has 1 aliphatic heterocycles. The zero-order valence-corrected chi connectivity index (χ0v) is 13.0. The molecule has 0 aromatic heterocycles. The number of nitrogens with zero attached hydrogens (tertiary/aromatic N) is 1. The van der Waals surface area contributed by atoms with E-state index in [4.69, 9.17) is 10.5 Å². The number of aryl methyl sites for hydroxylation is 1. The van der Waals surface area contributed by atoms with Crippen molar-refractivity contribution in [2.45, 2.75) is 38.6 Å². The Labute approximate surface area is 127 Å². The molecule has 1 aliphatic rings. The van der Waals surface area contributed by atoms with Gasteiger partial charge in [0.15, 0.2) is 0 Å². The summed E-state index contributed by atoms with van der Waals surface area (Å²) in [6.07, 6.45) is 4.01. The minimum absolute atomic E-state index is 0.0787. The third kappa shape index (κ3) is 4.46. The van der Waals surface area contributed by atoms with Crippen LogP contribution < -0.4 is 10.5 Å². The number of benzene rings is 1. The normalized spacial score (nSPS) is 18.4. The highest BCUT2D eigenvalue weighted by Crippen LogP contribution is 2.21. The fourth-order valence-corrected chi connectivity index (χ4v) is 2.98. The Morgan fingerprint density at radius 2 is 1.95 bits per heavy atom. The highest BCUT2D eigenvalue weighted by Gasteiger charge is 2.25. The lowest BCUT2D eigenvalue weighted by Gasteiger charge is -2.35. The van der Waals surface area contributed by atoms with Crippen LogP contribution in [0.2, 0.25) is 0 Å². The summed E-state index contributed by atoms with van der Waals surface area (Å²) in [4.78, 5) is 13.7. The minimum atomic E-state index is -0.138. The highest BCUT2D eigenvalue weighted by molar-refractivity contribution is 5.76. The molecule has 0 unspecified atom stereocenters. The van der Waals surface area contributed by atoms with Gasteiger partial charge in [-0.15, -0.1) is 0 Å². The average molecular weight is 290 g/mol. The third-order valence-electron chi connectivity index (χ3n) is 4.57. The Bertz CT molecular complexity index is 450. The second-order valence-electron chi connectivity index (χ2n) is 5.95. The van der Waals surface area contributed by atoms with Gasteiger partial charge in [0.2, 0.25) is 5.91 Å². The number of methoxy groups -OCH3 is 1. The first-order valence-corrected chi connectivity index (χ1v) is 7.76. The van der Waals surface area contributed by atoms with Crippen molar-refractivity contribution in [2.75, 3.05) is 20.2 Å². The van der Waals surface area contributed by atoms with Gasteiger partial charge in [0.25, 0.3) is 0 Å². The van der Waals surface area contributed by atoms with Crippen molar-refractivity contribution in [1.29, 1.82) is 0 Å². The van der Waals surface area contributed by atoms with Crippen LogP contribution in [0.25, 0.3) is 0 Å². The van der Waals surface area contributed by atoms with Crippen molar-refractivity contribution in [2.24, 2.45) is 11.7 Å². The number of primary amides is 1. The molecule has 2 N–H and O–H groups in total. The van der Waals surface area contributed by atoms with E-state index >= 15 is 0 Å². The molecule has 1 saturated heterocycles. The van der Waals surface area contributed by atoms with E-state index in [9.17, 15) is 4.79 Å². The van der Waals surface area contributed by atoms with Gasteiger partial charge in [0, 0.05) is 12.0 Å². The van der Waals surface area contributed by atoms with E-state index in [2.05, 4.69) is 24.0 Å². The molecule has 4 heteroatoms. The first kappa shape index (κ1) is 15.8. The van der Waals surface area contributed by atoms with Gasteiger partial charge >= 0.3 is 0 Å². The maximum Gasteiger partial charge on any atom is 0.220 e. The van der Waals surface area contributed by atoms with Crippen LogP contribution in [0.3, 0.4) is 0 Å². The molecule has 0 aliphatic carbocycles. The summed E-state index contributed by atoms with van der Waals surface area (Å²) in [6, 6.07) is 8.83. The number of rotatable bonds is 6. The van der Waals surface area contributed by atoms with Crippen molar-refractivity contribution in [3.63, 3.8) is 0 Å². The maximum absolute atomic E-state index is 11.2. The number of nitrogens with two attached hydrogens (primary N) is 1. The van der Waals surface area contributed by atoms with E-state index < -0.39 is 0 Å². The molecule has 116 valence electrons. The quantitative estimate of drug-likeness (QED) is 0.874. The van der Waals surface area contributed by atoms with Gasteiger partial charge in [0.05, 0.1) is 7.11 Å². The van der Waals surface area contributed by atoms with Crippen molar-refractivity contribution < 1.29 is 9.53 Å². The second kappa shape index (κ2) is 7.46. The molecule has 1 amide bonds. The van der Waals surface area contributed by atoms with Crippen LogP contribution in [0, 0.1) is 5.92 Å². The number of ether oxygens (including phenoxy) is 1. The largest absolute Gasteiger partial charge is 0.497 e. The zero-order chi connectivity index (χ0) is 15.2. The van der Waals surface area contributed by atoms with Crippen molar-refractivity contribution >= 4 is 5.91 Å². The Hall–Kier alpha value is -1.55. The molecule has 4 nitrogen and oxygen atoms in total. The van der Waals surface area contributed by atoms with E-state index in [0.717, 1.165) is 44.5 Å². The molecule has 1 fully saturated rings. The molecule has 0 radical (unpaired) electrons. The molecule has 1 heterocycles. The van der Waals surface area contributed by atoms with Gasteiger partial charge in [0.1, 0.15) is 5.75 Å². The fourth-order valence-electron chi connectivity index (χ4n) is 2.98. The minimum Gasteiger partial charge on any atom is -0.497 e. The Morgan fingerprint density at radius 3 is 2.48 bits per heavy atom. The van der Waals surface area contributed by atoms with Crippen LogP contribution in [-0.4, -0.2) is 37.0 Å². The summed E-state index contributed by atoms with van der Waals surface area (Å²) in [5, 5.41) is 0. The van der Waals surface area contributed by atoms with Gasteiger partial charge in [-0.2, -0.15) is 0 Å².